The highest BCUT2D eigenvalue weighted by atomic mass is 32.1. The molecule has 6 nitrogen and oxygen atoms in total. The lowest BCUT2D eigenvalue weighted by molar-refractivity contribution is 0.297. The minimum atomic E-state index is -0.183. The molecule has 23 heavy (non-hydrogen) atoms. The van der Waals surface area contributed by atoms with Crippen molar-refractivity contribution >= 4 is 11.3 Å². The van der Waals surface area contributed by atoms with Gasteiger partial charge in [-0.15, -0.1) is 11.3 Å². The predicted molar refractivity (Wildman–Crippen MR) is 85.8 cm³/mol. The molecular weight excluding hydrogens is 312 g/mol. The molecule has 1 aliphatic rings. The van der Waals surface area contributed by atoms with Crippen LogP contribution in [0.4, 0.5) is 0 Å². The zero-order valence-electron chi connectivity index (χ0n) is 12.9. The van der Waals surface area contributed by atoms with E-state index in [0.717, 1.165) is 34.9 Å². The molecule has 3 aromatic heterocycles. The molecule has 0 saturated heterocycles. The van der Waals surface area contributed by atoms with E-state index in [-0.39, 0.29) is 5.54 Å². The molecule has 3 heterocycles. The molecule has 0 aliphatic heterocycles. The van der Waals surface area contributed by atoms with E-state index in [4.69, 9.17) is 8.94 Å². The smallest absolute Gasteiger partial charge is 0.223 e. The van der Waals surface area contributed by atoms with Gasteiger partial charge in [0.25, 0.3) is 0 Å². The number of hydrogen-bond acceptors (Lipinski definition) is 7. The second kappa shape index (κ2) is 5.90. The minimum Gasteiger partial charge on any atom is -0.472 e. The van der Waals surface area contributed by atoms with Gasteiger partial charge in [0.2, 0.25) is 5.89 Å². The summed E-state index contributed by atoms with van der Waals surface area (Å²) in [6.45, 7) is 2.53. The monoisotopic (exact) mass is 330 g/mol. The highest BCUT2D eigenvalue weighted by Gasteiger charge is 2.39. The molecule has 0 aromatic carbocycles. The molecule has 1 aliphatic carbocycles. The Kier molecular flexibility index (Phi) is 3.74. The maximum absolute atomic E-state index is 5.18. The van der Waals surface area contributed by atoms with Crippen LogP contribution in [0, 0.1) is 6.92 Å². The van der Waals surface area contributed by atoms with Gasteiger partial charge < -0.3 is 8.94 Å². The SMILES string of the molecule is Cc1nc(C2(NCc3csc(-c4ccoc4)n3)CCCC2)no1. The first-order valence-corrected chi connectivity index (χ1v) is 8.66. The van der Waals surface area contributed by atoms with E-state index < -0.39 is 0 Å². The maximum atomic E-state index is 5.18. The van der Waals surface area contributed by atoms with Crippen molar-refractivity contribution in [2.24, 2.45) is 0 Å². The Labute approximate surface area is 137 Å². The van der Waals surface area contributed by atoms with E-state index in [2.05, 4.69) is 25.8 Å². The number of aromatic nitrogens is 3. The quantitative estimate of drug-likeness (QED) is 0.769. The molecule has 4 rings (SSSR count). The van der Waals surface area contributed by atoms with Crippen LogP contribution in [0.15, 0.2) is 32.9 Å². The van der Waals surface area contributed by atoms with Crippen LogP contribution < -0.4 is 5.32 Å². The first-order chi connectivity index (χ1) is 11.3. The van der Waals surface area contributed by atoms with Gasteiger partial charge in [0.15, 0.2) is 5.82 Å². The molecule has 0 radical (unpaired) electrons. The van der Waals surface area contributed by atoms with Crippen LogP contribution in [0.1, 0.15) is 43.1 Å². The van der Waals surface area contributed by atoms with Gasteiger partial charge in [-0.2, -0.15) is 4.98 Å². The van der Waals surface area contributed by atoms with Crippen molar-refractivity contribution in [3.63, 3.8) is 0 Å². The number of rotatable bonds is 5. The molecule has 0 atom stereocenters. The van der Waals surface area contributed by atoms with Gasteiger partial charge in [-0.1, -0.05) is 18.0 Å². The van der Waals surface area contributed by atoms with Gasteiger partial charge in [-0.25, -0.2) is 4.98 Å². The summed E-state index contributed by atoms with van der Waals surface area (Å²) in [6, 6.07) is 1.93. The van der Waals surface area contributed by atoms with E-state index in [9.17, 15) is 0 Å². The number of hydrogen-bond donors (Lipinski definition) is 1. The molecule has 0 bridgehead atoms. The lowest BCUT2D eigenvalue weighted by Gasteiger charge is -2.26. The third kappa shape index (κ3) is 2.82. The van der Waals surface area contributed by atoms with Crippen LogP contribution in [0.2, 0.25) is 0 Å². The van der Waals surface area contributed by atoms with Gasteiger partial charge in [0.1, 0.15) is 11.3 Å². The molecule has 1 saturated carbocycles. The number of furan rings is 1. The fraction of sp³-hybridized carbons (Fsp3) is 0.438. The summed E-state index contributed by atoms with van der Waals surface area (Å²) in [7, 11) is 0. The van der Waals surface area contributed by atoms with Crippen molar-refractivity contribution in [2.75, 3.05) is 0 Å². The van der Waals surface area contributed by atoms with Crippen molar-refractivity contribution < 1.29 is 8.94 Å². The standard InChI is InChI=1S/C16H18N4O2S/c1-11-18-15(20-22-11)16(5-2-3-6-16)17-8-13-10-23-14(19-13)12-4-7-21-9-12/h4,7,9-10,17H,2-3,5-6,8H2,1H3. The fourth-order valence-corrected chi connectivity index (χ4v) is 3.92. The predicted octanol–water partition coefficient (Wildman–Crippen LogP) is 3.65. The van der Waals surface area contributed by atoms with E-state index in [0.29, 0.717) is 12.4 Å². The van der Waals surface area contributed by atoms with Crippen molar-refractivity contribution in [3.8, 4) is 10.6 Å². The summed E-state index contributed by atoms with van der Waals surface area (Å²) < 4.78 is 10.3. The molecule has 0 unspecified atom stereocenters. The summed E-state index contributed by atoms with van der Waals surface area (Å²) in [6.07, 6.45) is 7.81. The Hall–Kier alpha value is -1.99. The first-order valence-electron chi connectivity index (χ1n) is 7.78. The number of aryl methyl sites for hydroxylation is 1. The van der Waals surface area contributed by atoms with E-state index in [1.807, 2.05) is 13.0 Å². The van der Waals surface area contributed by atoms with Crippen LogP contribution in [0.5, 0.6) is 0 Å². The minimum absolute atomic E-state index is 0.183. The van der Waals surface area contributed by atoms with E-state index in [1.54, 1.807) is 23.9 Å². The number of nitrogens with zero attached hydrogens (tertiary/aromatic N) is 3. The zero-order chi connectivity index (χ0) is 15.7. The Bertz CT molecular complexity index is 772. The van der Waals surface area contributed by atoms with Crippen LogP contribution in [0.25, 0.3) is 10.6 Å². The average molecular weight is 330 g/mol. The summed E-state index contributed by atoms with van der Waals surface area (Å²) in [4.78, 5) is 9.13. The molecular formula is C16H18N4O2S. The normalized spacial score (nSPS) is 16.9. The molecule has 1 N–H and O–H groups in total. The second-order valence-corrected chi connectivity index (χ2v) is 6.79. The third-order valence-corrected chi connectivity index (χ3v) is 5.28. The van der Waals surface area contributed by atoms with E-state index >= 15 is 0 Å². The first kappa shape index (κ1) is 14.6. The fourth-order valence-electron chi connectivity index (χ4n) is 3.12. The Morgan fingerprint density at radius 3 is 2.87 bits per heavy atom. The summed E-state index contributed by atoms with van der Waals surface area (Å²) in [5.74, 6) is 1.39. The van der Waals surface area contributed by atoms with E-state index in [1.165, 1.54) is 12.8 Å². The third-order valence-electron chi connectivity index (χ3n) is 4.34. The molecule has 120 valence electrons. The number of thiazole rings is 1. The van der Waals surface area contributed by atoms with Crippen molar-refractivity contribution in [3.05, 3.63) is 41.4 Å². The summed E-state index contributed by atoms with van der Waals surface area (Å²) in [5.41, 5.74) is 1.86. The lowest BCUT2D eigenvalue weighted by atomic mass is 9.96. The number of nitrogens with one attached hydrogen (secondary N) is 1. The summed E-state index contributed by atoms with van der Waals surface area (Å²) >= 11 is 1.63. The highest BCUT2D eigenvalue weighted by Crippen LogP contribution is 2.37. The van der Waals surface area contributed by atoms with Gasteiger partial charge in [0.05, 0.1) is 17.5 Å². The molecule has 0 amide bonds. The van der Waals surface area contributed by atoms with Gasteiger partial charge >= 0.3 is 0 Å². The Morgan fingerprint density at radius 1 is 1.30 bits per heavy atom. The average Bonchev–Trinajstić information content (AvgIpc) is 3.32. The van der Waals surface area contributed by atoms with Gasteiger partial charge in [-0.3, -0.25) is 5.32 Å². The maximum Gasteiger partial charge on any atom is 0.223 e. The lowest BCUT2D eigenvalue weighted by Crippen LogP contribution is -2.40. The van der Waals surface area contributed by atoms with Crippen LogP contribution in [-0.2, 0) is 12.1 Å². The highest BCUT2D eigenvalue weighted by molar-refractivity contribution is 7.13. The van der Waals surface area contributed by atoms with Crippen LogP contribution in [0.3, 0.4) is 0 Å². The molecule has 1 fully saturated rings. The van der Waals surface area contributed by atoms with Crippen molar-refractivity contribution in [1.82, 2.24) is 20.4 Å². The van der Waals surface area contributed by atoms with Crippen molar-refractivity contribution in [2.45, 2.75) is 44.7 Å². The van der Waals surface area contributed by atoms with Crippen LogP contribution >= 0.6 is 11.3 Å². The summed E-state index contributed by atoms with van der Waals surface area (Å²) in [5, 5.41) is 10.8. The topological polar surface area (TPSA) is 77.0 Å². The van der Waals surface area contributed by atoms with Gasteiger partial charge in [-0.05, 0) is 18.9 Å². The molecule has 7 heteroatoms. The van der Waals surface area contributed by atoms with Gasteiger partial charge in [0, 0.05) is 24.4 Å². The molecule has 3 aromatic rings. The van der Waals surface area contributed by atoms with Crippen LogP contribution in [-0.4, -0.2) is 15.1 Å². The second-order valence-electron chi connectivity index (χ2n) is 5.94. The zero-order valence-corrected chi connectivity index (χ0v) is 13.7. The largest absolute Gasteiger partial charge is 0.472 e. The Morgan fingerprint density at radius 2 is 2.17 bits per heavy atom. The molecule has 0 spiro atoms. The Balaban J connectivity index is 1.50. The van der Waals surface area contributed by atoms with Crippen molar-refractivity contribution in [1.29, 1.82) is 0 Å².